The maximum atomic E-state index is 11.4. The van der Waals surface area contributed by atoms with Crippen molar-refractivity contribution in [3.63, 3.8) is 0 Å². The van der Waals surface area contributed by atoms with Crippen molar-refractivity contribution in [2.24, 2.45) is 0 Å². The van der Waals surface area contributed by atoms with Gasteiger partial charge in [-0.1, -0.05) is 24.3 Å². The van der Waals surface area contributed by atoms with Crippen LogP contribution >= 0.6 is 0 Å². The second-order valence-corrected chi connectivity index (χ2v) is 7.84. The lowest BCUT2D eigenvalue weighted by atomic mass is 10.1. The minimum atomic E-state index is -3.35. The Bertz CT molecular complexity index is 1180. The van der Waals surface area contributed by atoms with E-state index < -0.39 is 10.0 Å². The van der Waals surface area contributed by atoms with E-state index in [1.165, 1.54) is 0 Å². The van der Waals surface area contributed by atoms with Gasteiger partial charge in [-0.15, -0.1) is 0 Å². The molecule has 4 N–H and O–H groups in total. The Morgan fingerprint density at radius 2 is 1.74 bits per heavy atom. The van der Waals surface area contributed by atoms with E-state index in [1.807, 2.05) is 18.2 Å². The van der Waals surface area contributed by atoms with Crippen LogP contribution in [0, 0.1) is 0 Å². The lowest BCUT2D eigenvalue weighted by molar-refractivity contribution is 0.416. The number of nitrogens with one attached hydrogen (secondary N) is 2. The van der Waals surface area contributed by atoms with E-state index in [0.717, 1.165) is 33.6 Å². The zero-order valence-corrected chi connectivity index (χ0v) is 15.6. The molecule has 0 fully saturated rings. The van der Waals surface area contributed by atoms with Gasteiger partial charge < -0.3 is 15.2 Å². The second-order valence-electron chi connectivity index (χ2n) is 6.09. The van der Waals surface area contributed by atoms with Crippen LogP contribution in [-0.2, 0) is 10.0 Å². The topological polar surface area (TPSA) is 116 Å². The number of anilines is 1. The third-order valence-corrected chi connectivity index (χ3v) is 4.72. The fourth-order valence-electron chi connectivity index (χ4n) is 2.99. The van der Waals surface area contributed by atoms with Crippen LogP contribution in [0.4, 0.5) is 5.69 Å². The highest BCUT2D eigenvalue weighted by molar-refractivity contribution is 7.92. The number of rotatable bonds is 4. The SMILES string of the molecule is COc1cc(NS(C)(=O)=O)ccc1-c1nc2cc3ccccc3cc2[nH]1.O. The van der Waals surface area contributed by atoms with Gasteiger partial charge in [-0.05, 0) is 35.0 Å². The molecule has 0 aliphatic heterocycles. The predicted octanol–water partition coefficient (Wildman–Crippen LogP) is 2.94. The van der Waals surface area contributed by atoms with Gasteiger partial charge in [0.05, 0.1) is 35.6 Å². The molecule has 27 heavy (non-hydrogen) atoms. The van der Waals surface area contributed by atoms with E-state index in [-0.39, 0.29) is 5.48 Å². The molecule has 3 aromatic carbocycles. The number of sulfonamides is 1. The zero-order valence-electron chi connectivity index (χ0n) is 14.8. The first kappa shape index (κ1) is 18.7. The number of nitrogens with zero attached hydrogens (tertiary/aromatic N) is 1. The van der Waals surface area contributed by atoms with Gasteiger partial charge >= 0.3 is 0 Å². The predicted molar refractivity (Wildman–Crippen MR) is 108 cm³/mol. The molecule has 0 unspecified atom stereocenters. The molecule has 0 radical (unpaired) electrons. The zero-order chi connectivity index (χ0) is 18.3. The molecule has 8 heteroatoms. The Labute approximate surface area is 156 Å². The van der Waals surface area contributed by atoms with E-state index in [2.05, 4.69) is 32.9 Å². The molecule has 0 saturated heterocycles. The molecule has 0 bridgehead atoms. The average molecular weight is 385 g/mol. The van der Waals surface area contributed by atoms with Crippen LogP contribution in [0.5, 0.6) is 5.75 Å². The number of benzene rings is 3. The summed E-state index contributed by atoms with van der Waals surface area (Å²) in [5.74, 6) is 1.19. The van der Waals surface area contributed by atoms with Crippen LogP contribution in [-0.4, -0.2) is 37.2 Å². The molecule has 140 valence electrons. The Balaban J connectivity index is 0.00000210. The number of fused-ring (bicyclic) bond motifs is 2. The smallest absolute Gasteiger partial charge is 0.229 e. The van der Waals surface area contributed by atoms with Gasteiger partial charge in [-0.25, -0.2) is 13.4 Å². The van der Waals surface area contributed by atoms with Gasteiger partial charge in [0.1, 0.15) is 11.6 Å². The van der Waals surface area contributed by atoms with Crippen molar-refractivity contribution < 1.29 is 18.6 Å². The number of H-pyrrole nitrogens is 1. The summed E-state index contributed by atoms with van der Waals surface area (Å²) in [6.45, 7) is 0. The average Bonchev–Trinajstić information content (AvgIpc) is 3.00. The first-order valence-electron chi connectivity index (χ1n) is 7.98. The fourth-order valence-corrected chi connectivity index (χ4v) is 3.54. The van der Waals surface area contributed by atoms with Gasteiger partial charge in [0.25, 0.3) is 0 Å². The quantitative estimate of drug-likeness (QED) is 0.562. The Kier molecular flexibility index (Phi) is 4.77. The van der Waals surface area contributed by atoms with E-state index in [1.54, 1.807) is 25.3 Å². The minimum Gasteiger partial charge on any atom is -0.496 e. The Morgan fingerprint density at radius 3 is 2.41 bits per heavy atom. The number of aromatic nitrogens is 2. The van der Waals surface area contributed by atoms with E-state index in [0.29, 0.717) is 17.3 Å². The first-order valence-corrected chi connectivity index (χ1v) is 9.87. The number of ether oxygens (including phenoxy) is 1. The van der Waals surface area contributed by atoms with Crippen molar-refractivity contribution in [2.45, 2.75) is 0 Å². The normalized spacial score (nSPS) is 11.3. The molecule has 7 nitrogen and oxygen atoms in total. The highest BCUT2D eigenvalue weighted by Gasteiger charge is 2.13. The van der Waals surface area contributed by atoms with Crippen LogP contribution in [0.25, 0.3) is 33.2 Å². The van der Waals surface area contributed by atoms with Crippen molar-refractivity contribution in [1.29, 1.82) is 0 Å². The number of imidazole rings is 1. The number of hydrogen-bond acceptors (Lipinski definition) is 4. The van der Waals surface area contributed by atoms with Crippen molar-refractivity contribution in [2.75, 3.05) is 18.1 Å². The summed E-state index contributed by atoms with van der Waals surface area (Å²) in [6, 6.07) is 17.3. The first-order chi connectivity index (χ1) is 12.4. The van der Waals surface area contributed by atoms with E-state index in [4.69, 9.17) is 4.74 Å². The molecular formula is C19H19N3O4S. The van der Waals surface area contributed by atoms with E-state index >= 15 is 0 Å². The summed E-state index contributed by atoms with van der Waals surface area (Å²) < 4.78 is 30.7. The largest absolute Gasteiger partial charge is 0.496 e. The minimum absolute atomic E-state index is 0. The van der Waals surface area contributed by atoms with Crippen LogP contribution in [0.2, 0.25) is 0 Å². The fraction of sp³-hybridized carbons (Fsp3) is 0.105. The summed E-state index contributed by atoms with van der Waals surface area (Å²) in [5.41, 5.74) is 2.99. The van der Waals surface area contributed by atoms with Crippen molar-refractivity contribution in [1.82, 2.24) is 9.97 Å². The number of methoxy groups -OCH3 is 1. The van der Waals surface area contributed by atoms with Crippen molar-refractivity contribution in [3.8, 4) is 17.1 Å². The Morgan fingerprint density at radius 1 is 1.04 bits per heavy atom. The van der Waals surface area contributed by atoms with E-state index in [9.17, 15) is 8.42 Å². The molecule has 1 aromatic heterocycles. The molecule has 0 aliphatic carbocycles. The van der Waals surface area contributed by atoms with Crippen LogP contribution in [0.15, 0.2) is 54.6 Å². The maximum absolute atomic E-state index is 11.4. The molecule has 4 aromatic rings. The molecule has 0 aliphatic rings. The van der Waals surface area contributed by atoms with Gasteiger partial charge in [0.15, 0.2) is 0 Å². The monoisotopic (exact) mass is 385 g/mol. The number of hydrogen-bond donors (Lipinski definition) is 2. The molecular weight excluding hydrogens is 366 g/mol. The highest BCUT2D eigenvalue weighted by Crippen LogP contribution is 2.33. The summed E-state index contributed by atoms with van der Waals surface area (Å²) in [6.07, 6.45) is 1.11. The maximum Gasteiger partial charge on any atom is 0.229 e. The Hall–Kier alpha value is -3.10. The van der Waals surface area contributed by atoms with Crippen molar-refractivity contribution >= 4 is 37.5 Å². The molecule has 1 heterocycles. The van der Waals surface area contributed by atoms with Crippen LogP contribution in [0.1, 0.15) is 0 Å². The standard InChI is InChI=1S/C19H17N3O3S.H2O/c1-25-18-11-14(22-26(2,23)24)7-8-15(18)19-20-16-9-12-5-3-4-6-13(12)10-17(16)21-19;/h3-11,22H,1-2H3,(H,20,21);1H2. The lowest BCUT2D eigenvalue weighted by Crippen LogP contribution is -2.09. The summed E-state index contributed by atoms with van der Waals surface area (Å²) in [5, 5.41) is 2.26. The van der Waals surface area contributed by atoms with Gasteiger partial charge in [-0.2, -0.15) is 0 Å². The summed E-state index contributed by atoms with van der Waals surface area (Å²) >= 11 is 0. The molecule has 0 spiro atoms. The molecule has 0 amide bonds. The van der Waals surface area contributed by atoms with Crippen LogP contribution < -0.4 is 9.46 Å². The third kappa shape index (κ3) is 3.71. The van der Waals surface area contributed by atoms with Crippen molar-refractivity contribution in [3.05, 3.63) is 54.6 Å². The molecule has 0 saturated carbocycles. The summed E-state index contributed by atoms with van der Waals surface area (Å²) in [7, 11) is -1.81. The molecule has 4 rings (SSSR count). The summed E-state index contributed by atoms with van der Waals surface area (Å²) in [4.78, 5) is 7.99. The highest BCUT2D eigenvalue weighted by atomic mass is 32.2. The third-order valence-electron chi connectivity index (χ3n) is 4.11. The lowest BCUT2D eigenvalue weighted by Gasteiger charge is -2.09. The molecule has 0 atom stereocenters. The van der Waals surface area contributed by atoms with Gasteiger partial charge in [0, 0.05) is 6.07 Å². The van der Waals surface area contributed by atoms with Gasteiger partial charge in [-0.3, -0.25) is 4.72 Å². The second kappa shape index (κ2) is 6.90. The van der Waals surface area contributed by atoms with Gasteiger partial charge in [0.2, 0.25) is 10.0 Å². The van der Waals surface area contributed by atoms with Crippen LogP contribution in [0.3, 0.4) is 0 Å². The number of aromatic amines is 1.